The molecule has 0 aliphatic heterocycles. The summed E-state index contributed by atoms with van der Waals surface area (Å²) in [6.45, 7) is 1.41. The lowest BCUT2D eigenvalue weighted by atomic mass is 10.2. The quantitative estimate of drug-likeness (QED) is 0.803. The van der Waals surface area contributed by atoms with E-state index in [9.17, 15) is 9.59 Å². The molecule has 0 aliphatic carbocycles. The summed E-state index contributed by atoms with van der Waals surface area (Å²) in [5.74, 6) is -0.209. The highest BCUT2D eigenvalue weighted by molar-refractivity contribution is 6.30. The first-order valence-corrected chi connectivity index (χ1v) is 6.62. The van der Waals surface area contributed by atoms with Crippen LogP contribution in [0.1, 0.15) is 6.92 Å². The van der Waals surface area contributed by atoms with Crippen molar-refractivity contribution in [3.63, 3.8) is 0 Å². The van der Waals surface area contributed by atoms with E-state index in [1.807, 2.05) is 0 Å². The first-order valence-electron chi connectivity index (χ1n) is 6.25. The number of anilines is 3. The molecule has 21 heavy (non-hydrogen) atoms. The number of nitrogens with one attached hydrogen (secondary N) is 3. The van der Waals surface area contributed by atoms with Gasteiger partial charge in [-0.05, 0) is 30.3 Å². The summed E-state index contributed by atoms with van der Waals surface area (Å²) in [7, 11) is 0. The van der Waals surface area contributed by atoms with Crippen molar-refractivity contribution >= 4 is 40.6 Å². The van der Waals surface area contributed by atoms with Crippen LogP contribution in [0.2, 0.25) is 5.02 Å². The van der Waals surface area contributed by atoms with Crippen molar-refractivity contribution in [3.8, 4) is 0 Å². The number of rotatable bonds is 3. The maximum Gasteiger partial charge on any atom is 0.323 e. The van der Waals surface area contributed by atoms with Crippen LogP contribution in [0.4, 0.5) is 21.9 Å². The van der Waals surface area contributed by atoms with Crippen LogP contribution in [0.15, 0.2) is 48.5 Å². The lowest BCUT2D eigenvalue weighted by Crippen LogP contribution is -2.20. The molecule has 2 rings (SSSR count). The van der Waals surface area contributed by atoms with Crippen LogP contribution in [-0.2, 0) is 4.79 Å². The summed E-state index contributed by atoms with van der Waals surface area (Å²) in [4.78, 5) is 23.1. The van der Waals surface area contributed by atoms with E-state index in [4.69, 9.17) is 11.6 Å². The van der Waals surface area contributed by atoms with Gasteiger partial charge in [-0.3, -0.25) is 4.79 Å². The predicted octanol–water partition coefficient (Wildman–Crippen LogP) is 3.94. The van der Waals surface area contributed by atoms with Crippen LogP contribution in [0.5, 0.6) is 0 Å². The zero-order valence-electron chi connectivity index (χ0n) is 11.3. The third kappa shape index (κ3) is 4.50. The highest BCUT2D eigenvalue weighted by Crippen LogP contribution is 2.21. The second kappa shape index (κ2) is 6.76. The summed E-state index contributed by atoms with van der Waals surface area (Å²) in [6.07, 6.45) is 0. The molecule has 0 saturated heterocycles. The van der Waals surface area contributed by atoms with E-state index >= 15 is 0 Å². The van der Waals surface area contributed by atoms with Gasteiger partial charge in [-0.2, -0.15) is 0 Å². The van der Waals surface area contributed by atoms with Crippen LogP contribution in [0, 0.1) is 0 Å². The van der Waals surface area contributed by atoms with Crippen molar-refractivity contribution in [2.24, 2.45) is 0 Å². The lowest BCUT2D eigenvalue weighted by Gasteiger charge is -2.12. The zero-order chi connectivity index (χ0) is 15.2. The summed E-state index contributed by atoms with van der Waals surface area (Å²) >= 11 is 5.85. The van der Waals surface area contributed by atoms with Crippen LogP contribution < -0.4 is 16.0 Å². The number of amides is 3. The first kappa shape index (κ1) is 14.9. The lowest BCUT2D eigenvalue weighted by molar-refractivity contribution is -0.114. The summed E-state index contributed by atoms with van der Waals surface area (Å²) in [6, 6.07) is 13.3. The minimum atomic E-state index is -0.421. The van der Waals surface area contributed by atoms with Crippen molar-refractivity contribution < 1.29 is 9.59 Å². The number of hydrogen-bond acceptors (Lipinski definition) is 2. The molecule has 0 saturated carbocycles. The van der Waals surface area contributed by atoms with Gasteiger partial charge in [0, 0.05) is 17.6 Å². The first-order chi connectivity index (χ1) is 10.0. The second-order valence-electron chi connectivity index (χ2n) is 4.32. The average Bonchev–Trinajstić information content (AvgIpc) is 2.40. The van der Waals surface area contributed by atoms with E-state index in [0.29, 0.717) is 22.1 Å². The normalized spacial score (nSPS) is 9.81. The Morgan fingerprint density at radius 1 is 0.905 bits per heavy atom. The van der Waals surface area contributed by atoms with E-state index in [0.717, 1.165) is 0 Å². The van der Waals surface area contributed by atoms with E-state index in [-0.39, 0.29) is 5.91 Å². The standard InChI is InChI=1S/C15H14ClN3O2/c1-10(20)17-13-7-2-3-8-14(13)19-15(21)18-12-6-4-5-11(16)9-12/h2-9H,1H3,(H,17,20)(H2,18,19,21). The van der Waals surface area contributed by atoms with Gasteiger partial charge in [-0.1, -0.05) is 29.8 Å². The van der Waals surface area contributed by atoms with Crippen LogP contribution in [0.25, 0.3) is 0 Å². The van der Waals surface area contributed by atoms with Gasteiger partial charge in [0.2, 0.25) is 5.91 Å². The van der Waals surface area contributed by atoms with E-state index < -0.39 is 6.03 Å². The van der Waals surface area contributed by atoms with E-state index in [1.165, 1.54) is 6.92 Å². The maximum atomic E-state index is 12.0. The number of para-hydroxylation sites is 2. The van der Waals surface area contributed by atoms with E-state index in [2.05, 4.69) is 16.0 Å². The Morgan fingerprint density at radius 3 is 2.19 bits per heavy atom. The molecule has 0 spiro atoms. The molecule has 0 aromatic heterocycles. The largest absolute Gasteiger partial charge is 0.325 e. The van der Waals surface area contributed by atoms with Gasteiger partial charge in [0.05, 0.1) is 11.4 Å². The molecule has 0 unspecified atom stereocenters. The maximum absolute atomic E-state index is 12.0. The minimum Gasteiger partial charge on any atom is -0.325 e. The monoisotopic (exact) mass is 303 g/mol. The highest BCUT2D eigenvalue weighted by Gasteiger charge is 2.07. The molecule has 2 aromatic carbocycles. The number of carbonyl (C=O) groups excluding carboxylic acids is 2. The second-order valence-corrected chi connectivity index (χ2v) is 4.75. The van der Waals surface area contributed by atoms with Gasteiger partial charge in [0.1, 0.15) is 0 Å². The Labute approximate surface area is 127 Å². The van der Waals surface area contributed by atoms with Crippen LogP contribution in [0.3, 0.4) is 0 Å². The van der Waals surface area contributed by atoms with Gasteiger partial charge < -0.3 is 16.0 Å². The Balaban J connectivity index is 2.07. The smallest absolute Gasteiger partial charge is 0.323 e. The molecule has 0 heterocycles. The zero-order valence-corrected chi connectivity index (χ0v) is 12.1. The van der Waals surface area contributed by atoms with Crippen molar-refractivity contribution in [3.05, 3.63) is 53.6 Å². The number of benzene rings is 2. The molecule has 3 N–H and O–H groups in total. The van der Waals surface area contributed by atoms with Crippen molar-refractivity contribution in [1.82, 2.24) is 0 Å². The van der Waals surface area contributed by atoms with Crippen LogP contribution in [-0.4, -0.2) is 11.9 Å². The SMILES string of the molecule is CC(=O)Nc1ccccc1NC(=O)Nc1cccc(Cl)c1. The van der Waals surface area contributed by atoms with Gasteiger partial charge in [-0.25, -0.2) is 4.79 Å². The number of urea groups is 1. The van der Waals surface area contributed by atoms with Gasteiger partial charge >= 0.3 is 6.03 Å². The Morgan fingerprint density at radius 2 is 1.57 bits per heavy atom. The molecule has 0 bridgehead atoms. The van der Waals surface area contributed by atoms with Crippen molar-refractivity contribution in [1.29, 1.82) is 0 Å². The summed E-state index contributed by atoms with van der Waals surface area (Å²) < 4.78 is 0. The number of carbonyl (C=O) groups is 2. The fraction of sp³-hybridized carbons (Fsp3) is 0.0667. The molecule has 5 nitrogen and oxygen atoms in total. The Kier molecular flexibility index (Phi) is 4.79. The third-order valence-corrected chi connectivity index (χ3v) is 2.80. The minimum absolute atomic E-state index is 0.209. The van der Waals surface area contributed by atoms with Crippen molar-refractivity contribution in [2.45, 2.75) is 6.92 Å². The molecule has 0 radical (unpaired) electrons. The molecule has 0 fully saturated rings. The van der Waals surface area contributed by atoms with E-state index in [1.54, 1.807) is 48.5 Å². The Bertz CT molecular complexity index is 673. The van der Waals surface area contributed by atoms with Gasteiger partial charge in [0.25, 0.3) is 0 Å². The fourth-order valence-electron chi connectivity index (χ4n) is 1.74. The number of halogens is 1. The molecule has 0 atom stereocenters. The third-order valence-electron chi connectivity index (χ3n) is 2.57. The molecule has 2 aromatic rings. The fourth-order valence-corrected chi connectivity index (χ4v) is 1.93. The average molecular weight is 304 g/mol. The summed E-state index contributed by atoms with van der Waals surface area (Å²) in [5, 5.41) is 8.52. The molecule has 0 aliphatic rings. The Hall–Kier alpha value is -2.53. The molecular formula is C15H14ClN3O2. The molecule has 6 heteroatoms. The number of hydrogen-bond donors (Lipinski definition) is 3. The van der Waals surface area contributed by atoms with Crippen LogP contribution >= 0.6 is 11.6 Å². The van der Waals surface area contributed by atoms with Crippen molar-refractivity contribution in [2.75, 3.05) is 16.0 Å². The highest BCUT2D eigenvalue weighted by atomic mass is 35.5. The topological polar surface area (TPSA) is 70.2 Å². The molecule has 3 amide bonds. The molecule has 108 valence electrons. The van der Waals surface area contributed by atoms with Gasteiger partial charge in [0.15, 0.2) is 0 Å². The molecular weight excluding hydrogens is 290 g/mol. The van der Waals surface area contributed by atoms with Gasteiger partial charge in [-0.15, -0.1) is 0 Å². The summed E-state index contributed by atoms with van der Waals surface area (Å²) in [5.41, 5.74) is 1.62. The predicted molar refractivity (Wildman–Crippen MR) is 84.8 cm³/mol.